The molecule has 41 heavy (non-hydrogen) atoms. The van der Waals surface area contributed by atoms with Gasteiger partial charge >= 0.3 is 0 Å². The lowest BCUT2D eigenvalue weighted by Gasteiger charge is -2.36. The summed E-state index contributed by atoms with van der Waals surface area (Å²) in [4.78, 5) is 25.6. The number of nitrogens with one attached hydrogen (secondary N) is 2. The lowest BCUT2D eigenvalue weighted by Crippen LogP contribution is -2.44. The lowest BCUT2D eigenvalue weighted by molar-refractivity contribution is -0.128. The van der Waals surface area contributed by atoms with E-state index < -0.39 is 33.6 Å². The Bertz CT molecular complexity index is 1520. The zero-order valence-corrected chi connectivity index (χ0v) is 24.1. The van der Waals surface area contributed by atoms with E-state index in [0.29, 0.717) is 66.7 Å². The first kappa shape index (κ1) is 27.9. The van der Waals surface area contributed by atoms with Gasteiger partial charge in [0.05, 0.1) is 28.5 Å². The number of rotatable bonds is 6. The van der Waals surface area contributed by atoms with E-state index in [-0.39, 0.29) is 18.2 Å². The second-order valence-electron chi connectivity index (χ2n) is 11.3. The van der Waals surface area contributed by atoms with Crippen molar-refractivity contribution in [2.75, 3.05) is 29.5 Å². The highest BCUT2D eigenvalue weighted by atomic mass is 32.3. The molecule has 1 amide bonds. The van der Waals surface area contributed by atoms with Gasteiger partial charge in [-0.3, -0.25) is 14.6 Å². The van der Waals surface area contributed by atoms with Crippen LogP contribution in [-0.4, -0.2) is 56.7 Å². The van der Waals surface area contributed by atoms with Crippen molar-refractivity contribution in [1.82, 2.24) is 15.3 Å². The molecule has 2 aromatic heterocycles. The largest absolute Gasteiger partial charge is 0.370 e. The van der Waals surface area contributed by atoms with E-state index in [0.717, 1.165) is 22.3 Å². The normalized spacial score (nSPS) is 25.6. The summed E-state index contributed by atoms with van der Waals surface area (Å²) >= 11 is 1.41. The fourth-order valence-corrected chi connectivity index (χ4v) is 8.22. The number of nitrogens with zero attached hydrogens (tertiary/aromatic N) is 4. The highest BCUT2D eigenvalue weighted by molar-refractivity contribution is 7.98. The van der Waals surface area contributed by atoms with E-state index >= 15 is 0 Å². The standard InChI is InChI=1S/C29H32F2N6O2S2/c30-19-3-7-22(23(15-19)27(38)36-29(17-32)9-10-29)25-26(40-28(35-25)24-8-4-20(31)16-34-24)18-1-5-21(6-2-18)37-11-13-41(33,39)14-12-37/h1-2,4-6,8,16,19,22-23,41H,3,7,9-15H2,(H2,33,39)(H,36,38)/t19-,22+,23+/m0/s1. The number of hydrogen-bond acceptors (Lipinski definition) is 7. The molecule has 3 heterocycles. The van der Waals surface area contributed by atoms with E-state index in [2.05, 4.69) is 21.3 Å². The molecule has 0 unspecified atom stereocenters. The van der Waals surface area contributed by atoms with E-state index in [1.807, 2.05) is 24.3 Å². The first-order valence-corrected chi connectivity index (χ1v) is 16.8. The Labute approximate surface area is 242 Å². The lowest BCUT2D eigenvalue weighted by atomic mass is 9.75. The summed E-state index contributed by atoms with van der Waals surface area (Å²) in [5.41, 5.74) is 2.26. The topological polar surface area (TPSA) is 126 Å². The summed E-state index contributed by atoms with van der Waals surface area (Å²) in [5, 5.41) is 13.0. The van der Waals surface area contributed by atoms with Gasteiger partial charge in [0.15, 0.2) is 0 Å². The average molecular weight is 599 g/mol. The molecule has 0 radical (unpaired) electrons. The van der Waals surface area contributed by atoms with Gasteiger partial charge < -0.3 is 14.8 Å². The number of hydrogen-bond donors (Lipinski definition) is 4. The molecule has 3 atom stereocenters. The quantitative estimate of drug-likeness (QED) is 0.284. The van der Waals surface area contributed by atoms with Gasteiger partial charge in [0.2, 0.25) is 5.91 Å². The van der Waals surface area contributed by atoms with Gasteiger partial charge in [-0.05, 0) is 61.9 Å². The van der Waals surface area contributed by atoms with Crippen LogP contribution in [0.4, 0.5) is 14.5 Å². The zero-order chi connectivity index (χ0) is 28.8. The van der Waals surface area contributed by atoms with Crippen molar-refractivity contribution in [3.8, 4) is 27.2 Å². The Morgan fingerprint density at radius 3 is 2.56 bits per heavy atom. The second-order valence-corrected chi connectivity index (χ2v) is 15.0. The number of alkyl halides is 1. The first-order valence-electron chi connectivity index (χ1n) is 13.9. The van der Waals surface area contributed by atoms with Gasteiger partial charge in [0.25, 0.3) is 0 Å². The molecule has 216 valence electrons. The number of aromatic nitrogens is 2. The summed E-state index contributed by atoms with van der Waals surface area (Å²) in [7, 11) is -2.54. The van der Waals surface area contributed by atoms with Crippen LogP contribution in [0.1, 0.15) is 43.7 Å². The van der Waals surface area contributed by atoms with Crippen molar-refractivity contribution in [2.45, 2.75) is 49.7 Å². The molecule has 2 aliphatic carbocycles. The summed E-state index contributed by atoms with van der Waals surface area (Å²) < 4.78 is 46.4. The van der Waals surface area contributed by atoms with Crippen molar-refractivity contribution in [3.63, 3.8) is 0 Å². The van der Waals surface area contributed by atoms with Gasteiger partial charge in [-0.2, -0.15) is 5.26 Å². The maximum atomic E-state index is 14.7. The summed E-state index contributed by atoms with van der Waals surface area (Å²) in [6.07, 6.45) is 2.06. The number of amides is 1. The minimum Gasteiger partial charge on any atom is -0.370 e. The Morgan fingerprint density at radius 2 is 1.93 bits per heavy atom. The van der Waals surface area contributed by atoms with Crippen LogP contribution >= 0.6 is 11.3 Å². The third kappa shape index (κ3) is 5.89. The predicted molar refractivity (Wildman–Crippen MR) is 157 cm³/mol. The van der Waals surface area contributed by atoms with Crippen LogP contribution in [0.25, 0.3) is 21.1 Å². The van der Waals surface area contributed by atoms with Crippen LogP contribution in [0.15, 0.2) is 42.6 Å². The SMILES string of the molecule is N#CC1(NC(=O)[C@@H]2C[C@@H](F)CC[C@H]2c2nc(-c3ccc(F)cn3)sc2-c2ccc(N3CC[SH](=N)(O)CC3)cc2)CC1. The van der Waals surface area contributed by atoms with Crippen molar-refractivity contribution in [3.05, 3.63) is 54.1 Å². The molecule has 3 aliphatic rings. The van der Waals surface area contributed by atoms with Crippen LogP contribution in [0, 0.1) is 27.8 Å². The molecule has 1 saturated heterocycles. The van der Waals surface area contributed by atoms with Crippen molar-refractivity contribution < 1.29 is 18.1 Å². The van der Waals surface area contributed by atoms with Crippen molar-refractivity contribution in [1.29, 1.82) is 10.0 Å². The number of carbonyl (C=O) groups excluding carboxylic acids is 1. The summed E-state index contributed by atoms with van der Waals surface area (Å²) in [6, 6.07) is 13.1. The number of thiol groups is 1. The molecule has 1 aliphatic heterocycles. The number of carbonyl (C=O) groups is 1. The predicted octanol–water partition coefficient (Wildman–Crippen LogP) is 5.35. The number of nitriles is 1. The molecular formula is C29H32F2N6O2S2. The maximum Gasteiger partial charge on any atom is 0.225 e. The van der Waals surface area contributed by atoms with Gasteiger partial charge in [0, 0.05) is 42.1 Å². The van der Waals surface area contributed by atoms with Crippen LogP contribution in [0.2, 0.25) is 0 Å². The minimum absolute atomic E-state index is 0.0675. The molecule has 0 bridgehead atoms. The number of pyridine rings is 1. The van der Waals surface area contributed by atoms with Gasteiger partial charge in [-0.1, -0.05) is 12.1 Å². The van der Waals surface area contributed by atoms with Gasteiger partial charge in [0.1, 0.15) is 22.5 Å². The molecule has 1 aromatic carbocycles. The third-order valence-electron chi connectivity index (χ3n) is 8.37. The maximum absolute atomic E-state index is 14.7. The smallest absolute Gasteiger partial charge is 0.225 e. The fourth-order valence-electron chi connectivity index (χ4n) is 5.73. The highest BCUT2D eigenvalue weighted by Crippen LogP contribution is 2.47. The van der Waals surface area contributed by atoms with E-state index in [1.165, 1.54) is 17.4 Å². The van der Waals surface area contributed by atoms with Crippen molar-refractivity contribution >= 4 is 33.0 Å². The Hall–Kier alpha value is -3.27. The van der Waals surface area contributed by atoms with Crippen LogP contribution < -0.4 is 10.2 Å². The molecule has 3 fully saturated rings. The number of halogens is 2. The van der Waals surface area contributed by atoms with Crippen LogP contribution in [0.5, 0.6) is 0 Å². The number of anilines is 1. The first-order chi connectivity index (χ1) is 19.7. The number of thiazole rings is 1. The molecule has 6 rings (SSSR count). The fraction of sp³-hybridized carbons (Fsp3) is 0.448. The average Bonchev–Trinajstić information content (AvgIpc) is 3.60. The van der Waals surface area contributed by atoms with Crippen molar-refractivity contribution in [2.24, 2.45) is 5.92 Å². The van der Waals surface area contributed by atoms with E-state index in [4.69, 9.17) is 9.76 Å². The molecule has 2 saturated carbocycles. The molecular weight excluding hydrogens is 566 g/mol. The molecule has 12 heteroatoms. The van der Waals surface area contributed by atoms with Crippen LogP contribution in [0.3, 0.4) is 0 Å². The Balaban J connectivity index is 1.35. The summed E-state index contributed by atoms with van der Waals surface area (Å²) in [6.45, 7) is 1.26. The molecule has 3 aromatic rings. The van der Waals surface area contributed by atoms with E-state index in [1.54, 1.807) is 6.07 Å². The molecule has 0 spiro atoms. The zero-order valence-electron chi connectivity index (χ0n) is 22.4. The van der Waals surface area contributed by atoms with Gasteiger partial charge in [-0.15, -0.1) is 21.4 Å². The third-order valence-corrected chi connectivity index (χ3v) is 11.4. The highest BCUT2D eigenvalue weighted by Gasteiger charge is 2.48. The monoisotopic (exact) mass is 598 g/mol. The van der Waals surface area contributed by atoms with E-state index in [9.17, 15) is 23.4 Å². The number of benzene rings is 1. The molecule has 8 nitrogen and oxygen atoms in total. The van der Waals surface area contributed by atoms with Gasteiger partial charge in [-0.25, -0.2) is 13.8 Å². The summed E-state index contributed by atoms with van der Waals surface area (Å²) in [5.74, 6) is -0.814. The Morgan fingerprint density at radius 1 is 1.20 bits per heavy atom. The molecule has 3 N–H and O–H groups in total. The second kappa shape index (κ2) is 10.9. The minimum atomic E-state index is -2.54. The van der Waals surface area contributed by atoms with Crippen LogP contribution in [-0.2, 0) is 14.9 Å². The Kier molecular flexibility index (Phi) is 7.38.